The van der Waals surface area contributed by atoms with Crippen LogP contribution in [0.4, 0.5) is 0 Å². The van der Waals surface area contributed by atoms with E-state index in [-0.39, 0.29) is 23.4 Å². The van der Waals surface area contributed by atoms with Crippen molar-refractivity contribution in [3.05, 3.63) is 40.6 Å². The second kappa shape index (κ2) is 11.0. The van der Waals surface area contributed by atoms with Gasteiger partial charge in [0.1, 0.15) is 0 Å². The lowest BCUT2D eigenvalue weighted by Gasteiger charge is -2.34. The highest BCUT2D eigenvalue weighted by molar-refractivity contribution is 5.93. The van der Waals surface area contributed by atoms with Gasteiger partial charge in [0.05, 0.1) is 0 Å². The lowest BCUT2D eigenvalue weighted by atomic mass is 9.98. The first-order valence-electron chi connectivity index (χ1n) is 12.0. The van der Waals surface area contributed by atoms with Gasteiger partial charge in [-0.25, -0.2) is 0 Å². The Kier molecular flexibility index (Phi) is 8.30. The van der Waals surface area contributed by atoms with E-state index in [1.54, 1.807) is 11.0 Å². The fourth-order valence-electron chi connectivity index (χ4n) is 4.64. The number of likely N-dealkylation sites (N-methyl/N-ethyl adjacent to an activating group) is 1. The molecule has 0 N–H and O–H groups in total. The number of piperazine rings is 1. The molecule has 0 atom stereocenters. The summed E-state index contributed by atoms with van der Waals surface area (Å²) < 4.78 is 5.59. The monoisotopic (exact) mass is 454 g/mol. The van der Waals surface area contributed by atoms with Crippen molar-refractivity contribution in [2.24, 2.45) is 5.92 Å². The van der Waals surface area contributed by atoms with Gasteiger partial charge < -0.3 is 19.2 Å². The summed E-state index contributed by atoms with van der Waals surface area (Å²) in [5, 5.41) is 4.09. The van der Waals surface area contributed by atoms with Crippen molar-refractivity contribution < 1.29 is 14.1 Å². The summed E-state index contributed by atoms with van der Waals surface area (Å²) in [6.07, 6.45) is 0.325. The Morgan fingerprint density at radius 1 is 1.06 bits per heavy atom. The maximum absolute atomic E-state index is 13.3. The van der Waals surface area contributed by atoms with Crippen LogP contribution in [0.25, 0.3) is 11.3 Å². The molecule has 180 valence electrons. The fourth-order valence-corrected chi connectivity index (χ4v) is 4.64. The summed E-state index contributed by atoms with van der Waals surface area (Å²) in [5.74, 6) is 0.802. The Balaban J connectivity index is 1.69. The van der Waals surface area contributed by atoms with E-state index in [1.165, 1.54) is 5.56 Å². The minimum atomic E-state index is -0.190. The Hall–Kier alpha value is -2.67. The van der Waals surface area contributed by atoms with E-state index in [2.05, 4.69) is 49.9 Å². The van der Waals surface area contributed by atoms with Gasteiger partial charge in [-0.1, -0.05) is 43.6 Å². The molecule has 0 saturated carbocycles. The Morgan fingerprint density at radius 3 is 2.27 bits per heavy atom. The molecule has 1 fully saturated rings. The molecule has 3 rings (SSSR count). The highest BCUT2D eigenvalue weighted by atomic mass is 16.5. The van der Waals surface area contributed by atoms with E-state index in [9.17, 15) is 9.59 Å². The number of carbonyl (C=O) groups is 2. The minimum absolute atomic E-state index is 0.110. The first-order valence-corrected chi connectivity index (χ1v) is 12.0. The number of amides is 2. The summed E-state index contributed by atoms with van der Waals surface area (Å²) in [4.78, 5) is 32.1. The summed E-state index contributed by atoms with van der Waals surface area (Å²) in [6.45, 7) is 17.7. The highest BCUT2D eigenvalue weighted by Gasteiger charge is 2.25. The lowest BCUT2D eigenvalue weighted by molar-refractivity contribution is -0.133. The number of aromatic nitrogens is 1. The molecule has 2 aromatic rings. The van der Waals surface area contributed by atoms with Crippen LogP contribution in [0.5, 0.6) is 0 Å². The SMILES string of the molecule is CCN1CCN(C(=O)CCN(CC(C)C)C(=O)c2cc(-c3c(C)cc(C)cc3C)on2)CC1. The zero-order valence-electron chi connectivity index (χ0n) is 21.0. The van der Waals surface area contributed by atoms with Gasteiger partial charge in [-0.2, -0.15) is 0 Å². The van der Waals surface area contributed by atoms with Gasteiger partial charge in [-0.05, 0) is 44.4 Å². The third kappa shape index (κ3) is 6.22. The van der Waals surface area contributed by atoms with Crippen LogP contribution in [-0.2, 0) is 4.79 Å². The number of hydrogen-bond donors (Lipinski definition) is 0. The molecule has 0 aliphatic carbocycles. The molecule has 7 heteroatoms. The van der Waals surface area contributed by atoms with E-state index in [0.717, 1.165) is 49.4 Å². The molecule has 1 aliphatic rings. The largest absolute Gasteiger partial charge is 0.355 e. The molecule has 0 unspecified atom stereocenters. The molecule has 33 heavy (non-hydrogen) atoms. The molecular formula is C26H38N4O3. The normalized spacial score (nSPS) is 14.7. The van der Waals surface area contributed by atoms with Gasteiger partial charge in [-0.3, -0.25) is 9.59 Å². The Bertz CT molecular complexity index is 951. The van der Waals surface area contributed by atoms with Gasteiger partial charge in [-0.15, -0.1) is 0 Å². The first-order chi connectivity index (χ1) is 15.7. The topological polar surface area (TPSA) is 69.9 Å². The van der Waals surface area contributed by atoms with Crippen molar-refractivity contribution in [2.45, 2.75) is 48.0 Å². The van der Waals surface area contributed by atoms with E-state index in [1.807, 2.05) is 18.7 Å². The molecule has 1 aromatic carbocycles. The summed E-state index contributed by atoms with van der Waals surface area (Å²) >= 11 is 0. The average Bonchev–Trinajstić information content (AvgIpc) is 3.24. The van der Waals surface area contributed by atoms with E-state index < -0.39 is 0 Å². The number of carbonyl (C=O) groups excluding carboxylic acids is 2. The number of aryl methyl sites for hydroxylation is 3. The minimum Gasteiger partial charge on any atom is -0.355 e. The van der Waals surface area contributed by atoms with Crippen molar-refractivity contribution in [1.82, 2.24) is 19.9 Å². The average molecular weight is 455 g/mol. The van der Waals surface area contributed by atoms with Gasteiger partial charge in [0.25, 0.3) is 5.91 Å². The molecule has 1 aromatic heterocycles. The van der Waals surface area contributed by atoms with Crippen LogP contribution in [0, 0.1) is 26.7 Å². The van der Waals surface area contributed by atoms with Crippen molar-refractivity contribution in [1.29, 1.82) is 0 Å². The molecule has 1 saturated heterocycles. The van der Waals surface area contributed by atoms with Crippen LogP contribution in [0.3, 0.4) is 0 Å². The van der Waals surface area contributed by atoms with Crippen LogP contribution in [-0.4, -0.2) is 77.5 Å². The maximum Gasteiger partial charge on any atom is 0.276 e. The number of benzene rings is 1. The van der Waals surface area contributed by atoms with Crippen molar-refractivity contribution >= 4 is 11.8 Å². The van der Waals surface area contributed by atoms with Crippen LogP contribution in [0.1, 0.15) is 54.4 Å². The van der Waals surface area contributed by atoms with E-state index >= 15 is 0 Å². The van der Waals surface area contributed by atoms with Crippen LogP contribution in [0.2, 0.25) is 0 Å². The highest BCUT2D eigenvalue weighted by Crippen LogP contribution is 2.29. The lowest BCUT2D eigenvalue weighted by Crippen LogP contribution is -2.49. The van der Waals surface area contributed by atoms with Crippen molar-refractivity contribution in [2.75, 3.05) is 45.8 Å². The van der Waals surface area contributed by atoms with Gasteiger partial charge in [0.15, 0.2) is 11.5 Å². The van der Waals surface area contributed by atoms with Gasteiger partial charge in [0.2, 0.25) is 5.91 Å². The Morgan fingerprint density at radius 2 is 1.70 bits per heavy atom. The fraction of sp³-hybridized carbons (Fsp3) is 0.577. The van der Waals surface area contributed by atoms with Crippen LogP contribution < -0.4 is 0 Å². The van der Waals surface area contributed by atoms with Crippen molar-refractivity contribution in [3.63, 3.8) is 0 Å². The summed E-state index contributed by atoms with van der Waals surface area (Å²) in [6, 6.07) is 5.93. The smallest absolute Gasteiger partial charge is 0.276 e. The summed E-state index contributed by atoms with van der Waals surface area (Å²) in [5.41, 5.74) is 4.64. The van der Waals surface area contributed by atoms with E-state index in [0.29, 0.717) is 25.3 Å². The molecule has 0 bridgehead atoms. The summed E-state index contributed by atoms with van der Waals surface area (Å²) in [7, 11) is 0. The number of nitrogens with zero attached hydrogens (tertiary/aromatic N) is 4. The third-order valence-corrected chi connectivity index (χ3v) is 6.29. The quantitative estimate of drug-likeness (QED) is 0.605. The molecule has 2 heterocycles. The standard InChI is InChI=1S/C26H38N4O3/c1-7-28-10-12-29(13-11-28)24(31)8-9-30(17-18(2)3)26(32)22-16-23(33-27-22)25-20(5)14-19(4)15-21(25)6/h14-16,18H,7-13,17H2,1-6H3. The number of rotatable bonds is 8. The zero-order valence-corrected chi connectivity index (χ0v) is 21.0. The predicted octanol–water partition coefficient (Wildman–Crippen LogP) is 3.92. The zero-order chi connectivity index (χ0) is 24.1. The predicted molar refractivity (Wildman–Crippen MR) is 130 cm³/mol. The molecule has 1 aliphatic heterocycles. The number of hydrogen-bond acceptors (Lipinski definition) is 5. The van der Waals surface area contributed by atoms with Gasteiger partial charge >= 0.3 is 0 Å². The first kappa shape index (κ1) is 25.0. The van der Waals surface area contributed by atoms with E-state index in [4.69, 9.17) is 4.52 Å². The molecule has 7 nitrogen and oxygen atoms in total. The van der Waals surface area contributed by atoms with Gasteiger partial charge in [0, 0.05) is 57.3 Å². The molecule has 0 spiro atoms. The van der Waals surface area contributed by atoms with Crippen molar-refractivity contribution in [3.8, 4) is 11.3 Å². The maximum atomic E-state index is 13.3. The molecular weight excluding hydrogens is 416 g/mol. The second-order valence-electron chi connectivity index (χ2n) is 9.56. The second-order valence-corrected chi connectivity index (χ2v) is 9.56. The van der Waals surface area contributed by atoms with Crippen LogP contribution >= 0.6 is 0 Å². The third-order valence-electron chi connectivity index (χ3n) is 6.29. The Labute approximate surface area is 197 Å². The molecule has 2 amide bonds. The molecule has 0 radical (unpaired) electrons. The van der Waals surface area contributed by atoms with Crippen LogP contribution in [0.15, 0.2) is 22.7 Å².